The number of nitrogens with zero attached hydrogens (tertiary/aromatic N) is 3. The van der Waals surface area contributed by atoms with Crippen LogP contribution in [-0.4, -0.2) is 36.1 Å². The van der Waals surface area contributed by atoms with Gasteiger partial charge in [-0.2, -0.15) is 4.98 Å². The minimum atomic E-state index is 0.395. The highest BCUT2D eigenvalue weighted by Crippen LogP contribution is 2.15. The second-order valence-electron chi connectivity index (χ2n) is 4.42. The maximum absolute atomic E-state index is 5.77. The second kappa shape index (κ2) is 5.82. The number of unbranched alkanes of at least 4 members (excludes halogenated alkanes) is 1. The fraction of sp³-hybridized carbons (Fsp3) is 0.667. The van der Waals surface area contributed by atoms with Crippen LogP contribution >= 0.6 is 0 Å². The minimum Gasteiger partial charge on any atom is -0.368 e. The number of rotatable bonds is 4. The normalized spacial score (nSPS) is 16.2. The summed E-state index contributed by atoms with van der Waals surface area (Å²) in [5.41, 5.74) is 6.84. The van der Waals surface area contributed by atoms with Crippen LogP contribution in [0.3, 0.4) is 0 Å². The van der Waals surface area contributed by atoms with Gasteiger partial charge < -0.3 is 16.0 Å². The molecule has 2 rings (SSSR count). The Kier molecular flexibility index (Phi) is 4.14. The zero-order valence-electron chi connectivity index (χ0n) is 10.4. The van der Waals surface area contributed by atoms with Crippen molar-refractivity contribution in [3.8, 4) is 0 Å². The smallest absolute Gasteiger partial charge is 0.222 e. The van der Waals surface area contributed by atoms with Crippen molar-refractivity contribution in [2.75, 3.05) is 36.8 Å². The third kappa shape index (κ3) is 3.30. The number of aromatic nitrogens is 2. The molecule has 1 aromatic rings. The van der Waals surface area contributed by atoms with Crippen molar-refractivity contribution in [3.05, 3.63) is 11.8 Å². The lowest BCUT2D eigenvalue weighted by Gasteiger charge is -2.28. The fourth-order valence-corrected chi connectivity index (χ4v) is 2.04. The van der Waals surface area contributed by atoms with Crippen LogP contribution < -0.4 is 16.0 Å². The van der Waals surface area contributed by atoms with Crippen molar-refractivity contribution in [2.45, 2.75) is 26.2 Å². The van der Waals surface area contributed by atoms with Crippen molar-refractivity contribution in [2.24, 2.45) is 0 Å². The lowest BCUT2D eigenvalue weighted by atomic mass is 10.2. The van der Waals surface area contributed by atoms with E-state index in [-0.39, 0.29) is 0 Å². The van der Waals surface area contributed by atoms with Gasteiger partial charge in [0.2, 0.25) is 5.95 Å². The Labute approximate surface area is 102 Å². The van der Waals surface area contributed by atoms with E-state index in [9.17, 15) is 0 Å². The standard InChI is InChI=1S/C12H21N5/c1-2-3-4-10-9-11(16-12(13)15-10)17-7-5-14-6-8-17/h9,14H,2-8H2,1H3,(H2,13,15,16). The molecule has 1 aromatic heterocycles. The average molecular weight is 235 g/mol. The van der Waals surface area contributed by atoms with E-state index in [1.54, 1.807) is 0 Å². The zero-order valence-corrected chi connectivity index (χ0v) is 10.4. The van der Waals surface area contributed by atoms with Crippen molar-refractivity contribution in [1.29, 1.82) is 0 Å². The van der Waals surface area contributed by atoms with E-state index in [0.717, 1.165) is 50.5 Å². The van der Waals surface area contributed by atoms with Gasteiger partial charge in [0.15, 0.2) is 0 Å². The van der Waals surface area contributed by atoms with Gasteiger partial charge in [0, 0.05) is 37.9 Å². The molecule has 0 radical (unpaired) electrons. The molecule has 0 saturated carbocycles. The Morgan fingerprint density at radius 2 is 2.12 bits per heavy atom. The molecule has 3 N–H and O–H groups in total. The van der Waals surface area contributed by atoms with Crippen molar-refractivity contribution in [3.63, 3.8) is 0 Å². The summed E-state index contributed by atoms with van der Waals surface area (Å²) in [6, 6.07) is 2.08. The number of nitrogens with two attached hydrogens (primary N) is 1. The van der Waals surface area contributed by atoms with E-state index in [4.69, 9.17) is 5.73 Å². The zero-order chi connectivity index (χ0) is 12.1. The SMILES string of the molecule is CCCCc1cc(N2CCNCC2)nc(N)n1. The van der Waals surface area contributed by atoms with Crippen LogP contribution in [-0.2, 0) is 6.42 Å². The third-order valence-corrected chi connectivity index (χ3v) is 3.01. The highest BCUT2D eigenvalue weighted by molar-refractivity contribution is 5.44. The van der Waals surface area contributed by atoms with Crippen molar-refractivity contribution >= 4 is 11.8 Å². The van der Waals surface area contributed by atoms with E-state index >= 15 is 0 Å². The highest BCUT2D eigenvalue weighted by Gasteiger charge is 2.13. The van der Waals surface area contributed by atoms with Crippen LogP contribution in [0.25, 0.3) is 0 Å². The molecule has 0 aliphatic carbocycles. The first-order valence-corrected chi connectivity index (χ1v) is 6.38. The minimum absolute atomic E-state index is 0.395. The Balaban J connectivity index is 2.12. The first kappa shape index (κ1) is 12.1. The molecule has 2 heterocycles. The highest BCUT2D eigenvalue weighted by atomic mass is 15.2. The third-order valence-electron chi connectivity index (χ3n) is 3.01. The van der Waals surface area contributed by atoms with Crippen molar-refractivity contribution in [1.82, 2.24) is 15.3 Å². The molecule has 0 aromatic carbocycles. The monoisotopic (exact) mass is 235 g/mol. The van der Waals surface area contributed by atoms with E-state index < -0.39 is 0 Å². The molecule has 17 heavy (non-hydrogen) atoms. The molecule has 0 unspecified atom stereocenters. The first-order chi connectivity index (χ1) is 8.29. The maximum Gasteiger partial charge on any atom is 0.222 e. The number of nitrogens with one attached hydrogen (secondary N) is 1. The molecule has 0 spiro atoms. The largest absolute Gasteiger partial charge is 0.368 e. The molecule has 0 atom stereocenters. The van der Waals surface area contributed by atoms with Crippen LogP contribution in [0.1, 0.15) is 25.5 Å². The predicted molar refractivity (Wildman–Crippen MR) is 70.1 cm³/mol. The van der Waals surface area contributed by atoms with Crippen LogP contribution in [0.5, 0.6) is 0 Å². The van der Waals surface area contributed by atoms with Gasteiger partial charge >= 0.3 is 0 Å². The summed E-state index contributed by atoms with van der Waals surface area (Å²) < 4.78 is 0. The maximum atomic E-state index is 5.77. The second-order valence-corrected chi connectivity index (χ2v) is 4.42. The van der Waals surface area contributed by atoms with Crippen LogP contribution in [0.2, 0.25) is 0 Å². The lowest BCUT2D eigenvalue weighted by molar-refractivity contribution is 0.584. The van der Waals surface area contributed by atoms with Gasteiger partial charge in [-0.3, -0.25) is 0 Å². The number of nitrogen functional groups attached to an aromatic ring is 1. The molecule has 1 aliphatic heterocycles. The fourth-order valence-electron chi connectivity index (χ4n) is 2.04. The van der Waals surface area contributed by atoms with Gasteiger partial charge in [0.25, 0.3) is 0 Å². The van der Waals surface area contributed by atoms with Gasteiger partial charge in [0.05, 0.1) is 0 Å². The molecule has 5 heteroatoms. The van der Waals surface area contributed by atoms with E-state index in [1.807, 2.05) is 0 Å². The molecule has 5 nitrogen and oxygen atoms in total. The van der Waals surface area contributed by atoms with Gasteiger partial charge in [-0.05, 0) is 12.8 Å². The first-order valence-electron chi connectivity index (χ1n) is 6.38. The number of aryl methyl sites for hydroxylation is 1. The Morgan fingerprint density at radius 3 is 2.82 bits per heavy atom. The predicted octanol–water partition coefficient (Wildman–Crippen LogP) is 0.811. The van der Waals surface area contributed by atoms with Crippen LogP contribution in [0, 0.1) is 0 Å². The summed E-state index contributed by atoms with van der Waals surface area (Å²) >= 11 is 0. The number of hydrogen-bond donors (Lipinski definition) is 2. The van der Waals surface area contributed by atoms with E-state index in [0.29, 0.717) is 5.95 Å². The summed E-state index contributed by atoms with van der Waals surface area (Å²) in [5, 5.41) is 3.33. The van der Waals surface area contributed by atoms with Gasteiger partial charge in [-0.15, -0.1) is 0 Å². The molecule has 1 aliphatic rings. The molecule has 94 valence electrons. The van der Waals surface area contributed by atoms with Gasteiger partial charge in [-0.25, -0.2) is 4.98 Å². The summed E-state index contributed by atoms with van der Waals surface area (Å²) in [7, 11) is 0. The number of anilines is 2. The Morgan fingerprint density at radius 1 is 1.35 bits per heavy atom. The van der Waals surface area contributed by atoms with Gasteiger partial charge in [0.1, 0.15) is 5.82 Å². The molecular weight excluding hydrogens is 214 g/mol. The summed E-state index contributed by atoms with van der Waals surface area (Å²) in [6.45, 7) is 6.18. The average Bonchev–Trinajstić information content (AvgIpc) is 2.37. The summed E-state index contributed by atoms with van der Waals surface area (Å²) in [6.07, 6.45) is 3.31. The number of piperazine rings is 1. The van der Waals surface area contributed by atoms with Crippen LogP contribution in [0.15, 0.2) is 6.07 Å². The Bertz CT molecular complexity index is 360. The lowest BCUT2D eigenvalue weighted by Crippen LogP contribution is -2.44. The molecule has 0 bridgehead atoms. The van der Waals surface area contributed by atoms with Gasteiger partial charge in [-0.1, -0.05) is 13.3 Å². The quantitative estimate of drug-likeness (QED) is 0.808. The summed E-state index contributed by atoms with van der Waals surface area (Å²) in [5.74, 6) is 1.37. The molecule has 0 amide bonds. The molecule has 1 saturated heterocycles. The number of hydrogen-bond acceptors (Lipinski definition) is 5. The molecular formula is C12H21N5. The Hall–Kier alpha value is -1.36. The van der Waals surface area contributed by atoms with E-state index in [2.05, 4.69) is 33.2 Å². The molecule has 1 fully saturated rings. The summed E-state index contributed by atoms with van der Waals surface area (Å²) in [4.78, 5) is 10.9. The van der Waals surface area contributed by atoms with E-state index in [1.165, 1.54) is 6.42 Å². The topological polar surface area (TPSA) is 67.1 Å². The van der Waals surface area contributed by atoms with Crippen LogP contribution in [0.4, 0.5) is 11.8 Å². The van der Waals surface area contributed by atoms with Crippen molar-refractivity contribution < 1.29 is 0 Å².